The third-order valence-corrected chi connectivity index (χ3v) is 8.83. The number of aryl methyl sites for hydroxylation is 1. The van der Waals surface area contributed by atoms with Crippen molar-refractivity contribution in [1.29, 1.82) is 0 Å². The lowest BCUT2D eigenvalue weighted by atomic mass is 9.95. The van der Waals surface area contributed by atoms with Crippen LogP contribution < -0.4 is 25.2 Å². The van der Waals surface area contributed by atoms with Crippen molar-refractivity contribution in [1.82, 2.24) is 14.9 Å². The highest BCUT2D eigenvalue weighted by atomic mass is 32.1. The Morgan fingerprint density at radius 2 is 1.71 bits per heavy atom. The minimum Gasteiger partial charge on any atom is -0.494 e. The third kappa shape index (κ3) is 6.27. The fraction of sp³-hybridized carbons (Fsp3) is 0.361. The maximum Gasteiger partial charge on any atom is 0.229 e. The molecule has 2 aromatic carbocycles. The molecular weight excluding hydrogens is 581 g/mol. The summed E-state index contributed by atoms with van der Waals surface area (Å²) in [5.41, 5.74) is 7.57. The average molecular weight is 625 g/mol. The van der Waals surface area contributed by atoms with E-state index in [0.29, 0.717) is 16.5 Å². The van der Waals surface area contributed by atoms with Crippen LogP contribution in [0.15, 0.2) is 72.9 Å². The summed E-state index contributed by atoms with van der Waals surface area (Å²) in [5.74, 6) is 0.476. The largest absolute Gasteiger partial charge is 0.494 e. The van der Waals surface area contributed by atoms with Gasteiger partial charge in [0, 0.05) is 59.2 Å². The van der Waals surface area contributed by atoms with E-state index in [-0.39, 0.29) is 18.0 Å². The Balaban J connectivity index is 1.59. The number of methoxy groups -OCH3 is 1. The standard InChI is InChI=1S/C36H44N6O2S/c1-9-40(10-2)25-14-16-26(17-15-25)41-23(3)21-28(24(41)4)33-32(30-13-11-12-20-37-30)39-35(45)42(33)27-18-19-29(31(22-27)44-8)38-34(43)36(5,6)7/h11-22,32-33H,9-10H2,1-8H3,(H,38,43)(H,39,45)/t32-,33+/m0/s1. The first-order valence-corrected chi connectivity index (χ1v) is 15.9. The van der Waals surface area contributed by atoms with E-state index in [1.807, 2.05) is 63.4 Å². The second-order valence-electron chi connectivity index (χ2n) is 12.4. The van der Waals surface area contributed by atoms with Crippen LogP contribution in [-0.2, 0) is 4.79 Å². The van der Waals surface area contributed by atoms with E-state index in [9.17, 15) is 4.79 Å². The van der Waals surface area contributed by atoms with Crippen LogP contribution in [0.5, 0.6) is 5.75 Å². The quantitative estimate of drug-likeness (QED) is 0.187. The van der Waals surface area contributed by atoms with E-state index in [4.69, 9.17) is 21.9 Å². The van der Waals surface area contributed by atoms with Crippen LogP contribution in [0.3, 0.4) is 0 Å². The fourth-order valence-electron chi connectivity index (χ4n) is 6.08. The fourth-order valence-corrected chi connectivity index (χ4v) is 6.42. The van der Waals surface area contributed by atoms with Gasteiger partial charge in [0.05, 0.1) is 30.6 Å². The van der Waals surface area contributed by atoms with Gasteiger partial charge in [-0.3, -0.25) is 9.78 Å². The summed E-state index contributed by atoms with van der Waals surface area (Å²) < 4.78 is 8.08. The Morgan fingerprint density at radius 1 is 1.02 bits per heavy atom. The van der Waals surface area contributed by atoms with Gasteiger partial charge in [0.15, 0.2) is 5.11 Å². The number of hydrogen-bond donors (Lipinski definition) is 2. The van der Waals surface area contributed by atoms with Crippen LogP contribution in [0, 0.1) is 19.3 Å². The Bertz CT molecular complexity index is 1670. The molecule has 2 atom stereocenters. The van der Waals surface area contributed by atoms with Gasteiger partial charge >= 0.3 is 0 Å². The molecular formula is C36H44N6O2S. The first-order valence-electron chi connectivity index (χ1n) is 15.5. The van der Waals surface area contributed by atoms with Gasteiger partial charge in [-0.1, -0.05) is 26.8 Å². The normalized spacial score (nSPS) is 16.4. The van der Waals surface area contributed by atoms with Crippen LogP contribution in [0.2, 0.25) is 0 Å². The van der Waals surface area contributed by atoms with Crippen molar-refractivity contribution in [2.24, 2.45) is 5.41 Å². The number of nitrogens with one attached hydrogen (secondary N) is 2. The maximum atomic E-state index is 12.8. The van der Waals surface area contributed by atoms with E-state index >= 15 is 0 Å². The summed E-state index contributed by atoms with van der Waals surface area (Å²) in [4.78, 5) is 22.0. The van der Waals surface area contributed by atoms with Crippen molar-refractivity contribution < 1.29 is 9.53 Å². The first-order chi connectivity index (χ1) is 21.5. The molecule has 9 heteroatoms. The molecule has 0 unspecified atom stereocenters. The number of nitrogens with zero attached hydrogens (tertiary/aromatic N) is 4. The molecule has 1 aliphatic heterocycles. The molecule has 3 heterocycles. The Labute approximate surface area is 272 Å². The van der Waals surface area contributed by atoms with Crippen LogP contribution in [0.1, 0.15) is 69.3 Å². The van der Waals surface area contributed by atoms with Gasteiger partial charge in [0.1, 0.15) is 5.75 Å². The second kappa shape index (κ2) is 12.9. The molecule has 0 saturated carbocycles. The molecule has 0 aliphatic carbocycles. The second-order valence-corrected chi connectivity index (χ2v) is 12.8. The van der Waals surface area contributed by atoms with Gasteiger partial charge in [-0.05, 0) is 100 Å². The number of thiocarbonyl (C=S) groups is 1. The van der Waals surface area contributed by atoms with Crippen LogP contribution in [0.4, 0.5) is 17.1 Å². The summed E-state index contributed by atoms with van der Waals surface area (Å²) in [6.07, 6.45) is 1.82. The molecule has 0 radical (unpaired) electrons. The molecule has 4 aromatic rings. The number of rotatable bonds is 9. The predicted octanol–water partition coefficient (Wildman–Crippen LogP) is 7.51. The number of hydrogen-bond acceptors (Lipinski definition) is 5. The number of carbonyl (C=O) groups excluding carboxylic acids is 1. The molecule has 0 spiro atoms. The monoisotopic (exact) mass is 624 g/mol. The van der Waals surface area contributed by atoms with E-state index in [1.54, 1.807) is 7.11 Å². The lowest BCUT2D eigenvalue weighted by Gasteiger charge is -2.29. The number of anilines is 3. The Kier molecular flexibility index (Phi) is 9.20. The molecule has 0 bridgehead atoms. The van der Waals surface area contributed by atoms with Crippen molar-refractivity contribution >= 4 is 40.3 Å². The SMILES string of the molecule is CCN(CC)c1ccc(-n2c(C)cc([C@@H]3[C@H](c4ccccn4)NC(=S)N3c3ccc(NC(=O)C(C)(C)C)c(OC)c3)c2C)cc1. The maximum absolute atomic E-state index is 12.8. The number of aromatic nitrogens is 2. The molecule has 1 saturated heterocycles. The topological polar surface area (TPSA) is 74.7 Å². The van der Waals surface area contributed by atoms with Gasteiger partial charge in [-0.25, -0.2) is 0 Å². The first kappa shape index (κ1) is 32.0. The Morgan fingerprint density at radius 3 is 2.31 bits per heavy atom. The molecule has 2 aromatic heterocycles. The summed E-state index contributed by atoms with van der Waals surface area (Å²) in [6.45, 7) is 16.3. The van der Waals surface area contributed by atoms with E-state index < -0.39 is 5.41 Å². The van der Waals surface area contributed by atoms with Crippen LogP contribution >= 0.6 is 12.2 Å². The van der Waals surface area contributed by atoms with Crippen molar-refractivity contribution in [3.8, 4) is 11.4 Å². The number of pyridine rings is 1. The highest BCUT2D eigenvalue weighted by Gasteiger charge is 2.42. The van der Waals surface area contributed by atoms with E-state index in [0.717, 1.165) is 47.1 Å². The van der Waals surface area contributed by atoms with Crippen molar-refractivity contribution in [2.75, 3.05) is 35.3 Å². The molecule has 2 N–H and O–H groups in total. The van der Waals surface area contributed by atoms with Gasteiger partial charge in [-0.15, -0.1) is 0 Å². The van der Waals surface area contributed by atoms with E-state index in [1.165, 1.54) is 5.69 Å². The smallest absolute Gasteiger partial charge is 0.229 e. The van der Waals surface area contributed by atoms with Gasteiger partial charge < -0.3 is 29.7 Å². The number of ether oxygens (including phenoxy) is 1. The van der Waals surface area contributed by atoms with Crippen LogP contribution in [0.25, 0.3) is 5.69 Å². The third-order valence-electron chi connectivity index (χ3n) is 8.52. The molecule has 45 heavy (non-hydrogen) atoms. The Hall–Kier alpha value is -4.37. The highest BCUT2D eigenvalue weighted by molar-refractivity contribution is 7.80. The zero-order valence-electron chi connectivity index (χ0n) is 27.5. The molecule has 236 valence electrons. The average Bonchev–Trinajstić information content (AvgIpc) is 3.52. The van der Waals surface area contributed by atoms with Crippen LogP contribution in [-0.4, -0.2) is 40.8 Å². The predicted molar refractivity (Wildman–Crippen MR) is 188 cm³/mol. The molecule has 5 rings (SSSR count). The van der Waals surface area contributed by atoms with Crippen molar-refractivity contribution in [3.63, 3.8) is 0 Å². The number of carbonyl (C=O) groups is 1. The highest BCUT2D eigenvalue weighted by Crippen LogP contribution is 2.45. The summed E-state index contributed by atoms with van der Waals surface area (Å²) >= 11 is 6.01. The summed E-state index contributed by atoms with van der Waals surface area (Å²) in [6, 6.07) is 22.4. The van der Waals surface area contributed by atoms with Gasteiger partial charge in [0.2, 0.25) is 5.91 Å². The van der Waals surface area contributed by atoms with Crippen molar-refractivity contribution in [3.05, 3.63) is 95.6 Å². The zero-order chi connectivity index (χ0) is 32.5. The lowest BCUT2D eigenvalue weighted by Crippen LogP contribution is -2.30. The van der Waals surface area contributed by atoms with Crippen molar-refractivity contribution in [2.45, 2.75) is 60.5 Å². The minimum absolute atomic E-state index is 0.0856. The molecule has 1 aliphatic rings. The number of benzene rings is 2. The lowest BCUT2D eigenvalue weighted by molar-refractivity contribution is -0.123. The molecule has 1 amide bonds. The number of amides is 1. The van der Waals surface area contributed by atoms with Gasteiger partial charge in [0.25, 0.3) is 0 Å². The summed E-state index contributed by atoms with van der Waals surface area (Å²) in [5, 5.41) is 7.18. The minimum atomic E-state index is -0.542. The van der Waals surface area contributed by atoms with E-state index in [2.05, 4.69) is 83.0 Å². The molecule has 8 nitrogen and oxygen atoms in total. The zero-order valence-corrected chi connectivity index (χ0v) is 28.3. The van der Waals surface area contributed by atoms with Gasteiger partial charge in [-0.2, -0.15) is 0 Å². The summed E-state index contributed by atoms with van der Waals surface area (Å²) in [7, 11) is 1.61. The molecule has 1 fully saturated rings.